The molecular formula is C11H19Cl3N2. The summed E-state index contributed by atoms with van der Waals surface area (Å²) in [4.78, 5) is 0. The number of benzene rings is 1. The van der Waals surface area contributed by atoms with Crippen molar-refractivity contribution in [3.05, 3.63) is 34.9 Å². The average Bonchev–Trinajstić information content (AvgIpc) is 2.18. The van der Waals surface area contributed by atoms with Gasteiger partial charge in [-0.05, 0) is 44.3 Å². The third kappa shape index (κ3) is 8.20. The van der Waals surface area contributed by atoms with Crippen molar-refractivity contribution < 1.29 is 0 Å². The van der Waals surface area contributed by atoms with Crippen molar-refractivity contribution in [3.8, 4) is 0 Å². The molecule has 16 heavy (non-hydrogen) atoms. The number of hydrogen-bond acceptors (Lipinski definition) is 2. The molecule has 1 aromatic rings. The molecule has 0 bridgehead atoms. The Morgan fingerprint density at radius 1 is 1.19 bits per heavy atom. The second-order valence-corrected chi connectivity index (χ2v) is 3.70. The number of hydrogen-bond donors (Lipinski definition) is 2. The first-order valence-electron chi connectivity index (χ1n) is 4.92. The van der Waals surface area contributed by atoms with Crippen LogP contribution in [-0.4, -0.2) is 20.1 Å². The molecule has 2 N–H and O–H groups in total. The minimum Gasteiger partial charge on any atom is -0.320 e. The minimum atomic E-state index is 0. The van der Waals surface area contributed by atoms with Crippen LogP contribution in [-0.2, 0) is 6.54 Å². The van der Waals surface area contributed by atoms with Crippen LogP contribution in [0.5, 0.6) is 0 Å². The number of nitrogens with one attached hydrogen (secondary N) is 2. The molecule has 0 aromatic heterocycles. The fourth-order valence-electron chi connectivity index (χ4n) is 1.27. The Hall–Kier alpha value is 0.01000. The standard InChI is InChI=1S/C11H17ClN2.2ClH/c1-13-6-3-7-14-9-10-4-2-5-11(12)8-10;;/h2,4-5,8,13-14H,3,6-7,9H2,1H3;2*1H. The molecule has 0 unspecified atom stereocenters. The quantitative estimate of drug-likeness (QED) is 0.786. The highest BCUT2D eigenvalue weighted by Gasteiger charge is 1.93. The van der Waals surface area contributed by atoms with Crippen molar-refractivity contribution in [2.45, 2.75) is 13.0 Å². The van der Waals surface area contributed by atoms with Gasteiger partial charge in [0, 0.05) is 11.6 Å². The van der Waals surface area contributed by atoms with Crippen LogP contribution in [0.4, 0.5) is 0 Å². The topological polar surface area (TPSA) is 24.1 Å². The van der Waals surface area contributed by atoms with E-state index in [0.29, 0.717) is 0 Å². The molecule has 1 rings (SSSR count). The SMILES string of the molecule is CNCCCNCc1cccc(Cl)c1.Cl.Cl. The summed E-state index contributed by atoms with van der Waals surface area (Å²) in [5.41, 5.74) is 1.24. The van der Waals surface area contributed by atoms with Gasteiger partial charge in [0.2, 0.25) is 0 Å². The lowest BCUT2D eigenvalue weighted by Crippen LogP contribution is -2.19. The fourth-order valence-corrected chi connectivity index (χ4v) is 1.48. The second kappa shape index (κ2) is 11.5. The van der Waals surface area contributed by atoms with Crippen LogP contribution >= 0.6 is 36.4 Å². The third-order valence-corrected chi connectivity index (χ3v) is 2.23. The van der Waals surface area contributed by atoms with Crippen molar-refractivity contribution >= 4 is 36.4 Å². The molecule has 0 atom stereocenters. The van der Waals surface area contributed by atoms with Crippen LogP contribution in [0, 0.1) is 0 Å². The van der Waals surface area contributed by atoms with Crippen LogP contribution in [0.15, 0.2) is 24.3 Å². The zero-order valence-corrected chi connectivity index (χ0v) is 11.7. The van der Waals surface area contributed by atoms with Gasteiger partial charge in [0.05, 0.1) is 0 Å². The summed E-state index contributed by atoms with van der Waals surface area (Å²) in [6.45, 7) is 2.99. The first-order valence-corrected chi connectivity index (χ1v) is 5.30. The lowest BCUT2D eigenvalue weighted by molar-refractivity contribution is 0.625. The molecule has 0 aliphatic rings. The third-order valence-electron chi connectivity index (χ3n) is 2.00. The van der Waals surface area contributed by atoms with Crippen molar-refractivity contribution in [2.24, 2.45) is 0 Å². The molecule has 0 saturated carbocycles. The highest BCUT2D eigenvalue weighted by atomic mass is 35.5. The molecule has 0 saturated heterocycles. The normalized spacial score (nSPS) is 9.12. The zero-order chi connectivity index (χ0) is 10.2. The van der Waals surface area contributed by atoms with Gasteiger partial charge >= 0.3 is 0 Å². The lowest BCUT2D eigenvalue weighted by atomic mass is 10.2. The van der Waals surface area contributed by atoms with Gasteiger partial charge < -0.3 is 10.6 Å². The van der Waals surface area contributed by atoms with Crippen LogP contribution in [0.2, 0.25) is 5.02 Å². The van der Waals surface area contributed by atoms with Gasteiger partial charge in [-0.15, -0.1) is 24.8 Å². The van der Waals surface area contributed by atoms with Crippen molar-refractivity contribution in [1.29, 1.82) is 0 Å². The maximum absolute atomic E-state index is 5.87. The largest absolute Gasteiger partial charge is 0.320 e. The highest BCUT2D eigenvalue weighted by Crippen LogP contribution is 2.09. The predicted molar refractivity (Wildman–Crippen MR) is 76.2 cm³/mol. The Balaban J connectivity index is 0. The molecular weight excluding hydrogens is 266 g/mol. The van der Waals surface area contributed by atoms with Gasteiger partial charge in [-0.25, -0.2) is 0 Å². The van der Waals surface area contributed by atoms with Gasteiger partial charge in [-0.3, -0.25) is 0 Å². The van der Waals surface area contributed by atoms with Gasteiger partial charge in [0.25, 0.3) is 0 Å². The van der Waals surface area contributed by atoms with Crippen LogP contribution in [0.3, 0.4) is 0 Å². The van der Waals surface area contributed by atoms with Crippen molar-refractivity contribution in [1.82, 2.24) is 10.6 Å². The molecule has 0 aliphatic carbocycles. The Labute approximate surface area is 115 Å². The summed E-state index contributed by atoms with van der Waals surface area (Å²) in [6.07, 6.45) is 1.15. The molecule has 0 fully saturated rings. The van der Waals surface area contributed by atoms with E-state index in [9.17, 15) is 0 Å². The molecule has 0 heterocycles. The summed E-state index contributed by atoms with van der Waals surface area (Å²) in [5, 5.41) is 7.28. The molecule has 0 aliphatic heterocycles. The smallest absolute Gasteiger partial charge is 0.0409 e. The van der Waals surface area contributed by atoms with E-state index in [0.717, 1.165) is 31.1 Å². The average molecular weight is 286 g/mol. The predicted octanol–water partition coefficient (Wildman–Crippen LogP) is 2.88. The van der Waals surface area contributed by atoms with Crippen molar-refractivity contribution in [2.75, 3.05) is 20.1 Å². The summed E-state index contributed by atoms with van der Waals surface area (Å²) >= 11 is 5.87. The summed E-state index contributed by atoms with van der Waals surface area (Å²) in [5.74, 6) is 0. The van der Waals surface area contributed by atoms with Gasteiger partial charge in [-0.1, -0.05) is 23.7 Å². The number of rotatable bonds is 6. The summed E-state index contributed by atoms with van der Waals surface area (Å²) in [7, 11) is 1.97. The Morgan fingerprint density at radius 2 is 1.94 bits per heavy atom. The van der Waals surface area contributed by atoms with Crippen molar-refractivity contribution in [3.63, 3.8) is 0 Å². The maximum Gasteiger partial charge on any atom is 0.0409 e. The van der Waals surface area contributed by atoms with Crippen LogP contribution in [0.25, 0.3) is 0 Å². The molecule has 0 amide bonds. The monoisotopic (exact) mass is 284 g/mol. The van der Waals surface area contributed by atoms with E-state index in [1.54, 1.807) is 0 Å². The van der Waals surface area contributed by atoms with Gasteiger partial charge in [0.15, 0.2) is 0 Å². The van der Waals surface area contributed by atoms with Gasteiger partial charge in [0.1, 0.15) is 0 Å². The summed E-state index contributed by atoms with van der Waals surface area (Å²) < 4.78 is 0. The zero-order valence-electron chi connectivity index (χ0n) is 9.33. The molecule has 94 valence electrons. The van der Waals surface area contributed by atoms with E-state index in [-0.39, 0.29) is 24.8 Å². The maximum atomic E-state index is 5.87. The van der Waals surface area contributed by atoms with E-state index in [4.69, 9.17) is 11.6 Å². The molecule has 0 radical (unpaired) electrons. The van der Waals surface area contributed by atoms with Gasteiger partial charge in [-0.2, -0.15) is 0 Å². The first kappa shape index (κ1) is 18.4. The molecule has 2 nitrogen and oxygen atoms in total. The highest BCUT2D eigenvalue weighted by molar-refractivity contribution is 6.30. The van der Waals surface area contributed by atoms with E-state index in [1.807, 2.05) is 25.2 Å². The first-order chi connectivity index (χ1) is 6.83. The molecule has 0 spiro atoms. The van der Waals surface area contributed by atoms with E-state index >= 15 is 0 Å². The Kier molecular flexibility index (Phi) is 13.2. The Bertz CT molecular complexity index is 269. The second-order valence-electron chi connectivity index (χ2n) is 3.26. The van der Waals surface area contributed by atoms with Crippen LogP contribution < -0.4 is 10.6 Å². The summed E-state index contributed by atoms with van der Waals surface area (Å²) in [6, 6.07) is 7.95. The van der Waals surface area contributed by atoms with E-state index in [1.165, 1.54) is 5.56 Å². The Morgan fingerprint density at radius 3 is 2.56 bits per heavy atom. The van der Waals surface area contributed by atoms with E-state index in [2.05, 4.69) is 16.7 Å². The molecule has 5 heteroatoms. The lowest BCUT2D eigenvalue weighted by Gasteiger charge is -2.04. The minimum absolute atomic E-state index is 0. The number of halogens is 3. The van der Waals surface area contributed by atoms with E-state index < -0.39 is 0 Å². The van der Waals surface area contributed by atoms with Crippen LogP contribution in [0.1, 0.15) is 12.0 Å². The molecule has 1 aromatic carbocycles. The fraction of sp³-hybridized carbons (Fsp3) is 0.455.